The molecule has 0 saturated carbocycles. The van der Waals surface area contributed by atoms with Crippen molar-refractivity contribution in [3.8, 4) is 0 Å². The van der Waals surface area contributed by atoms with Crippen LogP contribution in [0.5, 0.6) is 0 Å². The van der Waals surface area contributed by atoms with Gasteiger partial charge in [0.05, 0.1) is 11.4 Å². The van der Waals surface area contributed by atoms with Gasteiger partial charge in [0.2, 0.25) is 15.9 Å². The van der Waals surface area contributed by atoms with Crippen molar-refractivity contribution in [1.29, 1.82) is 0 Å². The van der Waals surface area contributed by atoms with Gasteiger partial charge >= 0.3 is 0 Å². The van der Waals surface area contributed by atoms with Gasteiger partial charge in [0.15, 0.2) is 0 Å². The molecular formula is C18H19BrFN3O3S. The molecule has 0 bridgehead atoms. The third-order valence-corrected chi connectivity index (χ3v) is 6.72. The SMILES string of the molecule is O=C(CN1CCN(S(=O)(=O)c2ccc(F)cc2)CC1)Nc1ccc(Br)cc1. The summed E-state index contributed by atoms with van der Waals surface area (Å²) in [6.07, 6.45) is 0. The standard InChI is InChI=1S/C18H19BrFN3O3S/c19-14-1-5-16(6-2-14)21-18(24)13-22-9-11-23(12-10-22)27(25,26)17-7-3-15(20)4-8-17/h1-8H,9-13H2,(H,21,24). The molecule has 0 atom stereocenters. The largest absolute Gasteiger partial charge is 0.325 e. The first-order chi connectivity index (χ1) is 12.8. The summed E-state index contributed by atoms with van der Waals surface area (Å²) in [4.78, 5) is 14.1. The van der Waals surface area contributed by atoms with Crippen molar-refractivity contribution in [2.75, 3.05) is 38.0 Å². The zero-order chi connectivity index (χ0) is 19.4. The highest BCUT2D eigenvalue weighted by Gasteiger charge is 2.29. The van der Waals surface area contributed by atoms with E-state index in [2.05, 4.69) is 21.2 Å². The van der Waals surface area contributed by atoms with Crippen molar-refractivity contribution in [3.63, 3.8) is 0 Å². The monoisotopic (exact) mass is 455 g/mol. The van der Waals surface area contributed by atoms with E-state index in [1.807, 2.05) is 17.0 Å². The Morgan fingerprint density at radius 1 is 1.00 bits per heavy atom. The molecule has 0 aliphatic carbocycles. The van der Waals surface area contributed by atoms with Crippen molar-refractivity contribution in [2.45, 2.75) is 4.90 Å². The molecule has 1 heterocycles. The molecule has 2 aromatic rings. The molecule has 1 amide bonds. The summed E-state index contributed by atoms with van der Waals surface area (Å²) in [6, 6.07) is 12.1. The molecule has 0 aromatic heterocycles. The number of nitrogens with one attached hydrogen (secondary N) is 1. The zero-order valence-electron chi connectivity index (χ0n) is 14.4. The molecule has 6 nitrogen and oxygen atoms in total. The lowest BCUT2D eigenvalue weighted by Gasteiger charge is -2.33. The van der Waals surface area contributed by atoms with E-state index in [4.69, 9.17) is 0 Å². The molecule has 1 N–H and O–H groups in total. The van der Waals surface area contributed by atoms with Gasteiger partial charge in [-0.1, -0.05) is 15.9 Å². The average molecular weight is 456 g/mol. The third-order valence-electron chi connectivity index (χ3n) is 4.28. The minimum Gasteiger partial charge on any atom is -0.325 e. The van der Waals surface area contributed by atoms with Crippen LogP contribution in [0.4, 0.5) is 10.1 Å². The first kappa shape index (κ1) is 19.9. The lowest BCUT2D eigenvalue weighted by atomic mass is 10.3. The van der Waals surface area contributed by atoms with Crippen LogP contribution < -0.4 is 5.32 Å². The first-order valence-corrected chi connectivity index (χ1v) is 10.6. The minimum absolute atomic E-state index is 0.0744. The summed E-state index contributed by atoms with van der Waals surface area (Å²) >= 11 is 3.34. The fourth-order valence-electron chi connectivity index (χ4n) is 2.82. The van der Waals surface area contributed by atoms with Gasteiger partial charge in [-0.05, 0) is 48.5 Å². The Labute approximate surface area is 166 Å². The molecule has 1 aliphatic heterocycles. The molecule has 2 aromatic carbocycles. The highest BCUT2D eigenvalue weighted by molar-refractivity contribution is 9.10. The van der Waals surface area contributed by atoms with E-state index in [0.717, 1.165) is 16.6 Å². The number of sulfonamides is 1. The predicted molar refractivity (Wildman–Crippen MR) is 104 cm³/mol. The second-order valence-electron chi connectivity index (χ2n) is 6.19. The topological polar surface area (TPSA) is 69.7 Å². The number of piperazine rings is 1. The average Bonchev–Trinajstić information content (AvgIpc) is 2.64. The minimum atomic E-state index is -3.65. The van der Waals surface area contributed by atoms with Crippen molar-refractivity contribution in [2.24, 2.45) is 0 Å². The van der Waals surface area contributed by atoms with E-state index in [-0.39, 0.29) is 30.4 Å². The van der Waals surface area contributed by atoms with Crippen LogP contribution in [0.15, 0.2) is 57.9 Å². The van der Waals surface area contributed by atoms with E-state index in [1.165, 1.54) is 16.4 Å². The quantitative estimate of drug-likeness (QED) is 0.751. The van der Waals surface area contributed by atoms with Crippen LogP contribution in [0.25, 0.3) is 0 Å². The van der Waals surface area contributed by atoms with Gasteiger partial charge < -0.3 is 5.32 Å². The normalized spacial score (nSPS) is 16.2. The maximum absolute atomic E-state index is 13.0. The van der Waals surface area contributed by atoms with Gasteiger partial charge in [0.1, 0.15) is 5.82 Å². The number of carbonyl (C=O) groups excluding carboxylic acids is 1. The highest BCUT2D eigenvalue weighted by atomic mass is 79.9. The summed E-state index contributed by atoms with van der Waals surface area (Å²) in [6.45, 7) is 1.67. The van der Waals surface area contributed by atoms with E-state index in [0.29, 0.717) is 18.8 Å². The maximum atomic E-state index is 13.0. The summed E-state index contributed by atoms with van der Waals surface area (Å²) in [5.74, 6) is -0.622. The highest BCUT2D eigenvalue weighted by Crippen LogP contribution is 2.18. The van der Waals surface area contributed by atoms with Gasteiger partial charge in [-0.2, -0.15) is 4.31 Å². The predicted octanol–water partition coefficient (Wildman–Crippen LogP) is 2.53. The Balaban J connectivity index is 1.53. The molecule has 9 heteroatoms. The lowest BCUT2D eigenvalue weighted by molar-refractivity contribution is -0.117. The van der Waals surface area contributed by atoms with E-state index < -0.39 is 15.8 Å². The molecule has 27 heavy (non-hydrogen) atoms. The van der Waals surface area contributed by atoms with Crippen LogP contribution in [0.2, 0.25) is 0 Å². The summed E-state index contributed by atoms with van der Waals surface area (Å²) in [7, 11) is -3.65. The molecule has 0 spiro atoms. The van der Waals surface area contributed by atoms with Crippen LogP contribution in [0.3, 0.4) is 0 Å². The molecule has 1 fully saturated rings. The number of hydrogen-bond donors (Lipinski definition) is 1. The summed E-state index contributed by atoms with van der Waals surface area (Å²) in [5.41, 5.74) is 0.709. The molecule has 3 rings (SSSR count). The number of anilines is 1. The van der Waals surface area contributed by atoms with E-state index in [9.17, 15) is 17.6 Å². The van der Waals surface area contributed by atoms with E-state index in [1.54, 1.807) is 12.1 Å². The van der Waals surface area contributed by atoms with Crippen LogP contribution in [0, 0.1) is 5.82 Å². The Bertz CT molecular complexity index is 896. The number of benzene rings is 2. The lowest BCUT2D eigenvalue weighted by Crippen LogP contribution is -2.50. The van der Waals surface area contributed by atoms with Crippen LogP contribution in [0.1, 0.15) is 0 Å². The molecule has 144 valence electrons. The summed E-state index contributed by atoms with van der Waals surface area (Å²) < 4.78 is 40.5. The fraction of sp³-hybridized carbons (Fsp3) is 0.278. The first-order valence-electron chi connectivity index (χ1n) is 8.38. The number of halogens is 2. The van der Waals surface area contributed by atoms with Crippen LogP contribution in [-0.2, 0) is 14.8 Å². The summed E-state index contributed by atoms with van der Waals surface area (Å²) in [5, 5.41) is 2.82. The van der Waals surface area contributed by atoms with Crippen molar-refractivity contribution in [3.05, 3.63) is 58.8 Å². The maximum Gasteiger partial charge on any atom is 0.243 e. The van der Waals surface area contributed by atoms with Gasteiger partial charge in [0, 0.05) is 36.3 Å². The number of hydrogen-bond acceptors (Lipinski definition) is 4. The molecular weight excluding hydrogens is 437 g/mol. The van der Waals surface area contributed by atoms with Crippen molar-refractivity contribution >= 4 is 37.5 Å². The van der Waals surface area contributed by atoms with Crippen molar-refractivity contribution in [1.82, 2.24) is 9.21 Å². The van der Waals surface area contributed by atoms with Crippen LogP contribution in [-0.4, -0.2) is 56.3 Å². The Morgan fingerprint density at radius 3 is 2.19 bits per heavy atom. The van der Waals surface area contributed by atoms with Crippen molar-refractivity contribution < 1.29 is 17.6 Å². The second kappa shape index (κ2) is 8.47. The number of nitrogens with zero attached hydrogens (tertiary/aromatic N) is 2. The Kier molecular flexibility index (Phi) is 6.25. The molecule has 1 aliphatic rings. The Morgan fingerprint density at radius 2 is 1.59 bits per heavy atom. The van der Waals surface area contributed by atoms with E-state index >= 15 is 0 Å². The zero-order valence-corrected chi connectivity index (χ0v) is 16.8. The van der Waals surface area contributed by atoms with Gasteiger partial charge in [-0.3, -0.25) is 9.69 Å². The van der Waals surface area contributed by atoms with Gasteiger partial charge in [-0.25, -0.2) is 12.8 Å². The molecule has 0 unspecified atom stereocenters. The third kappa shape index (κ3) is 5.13. The Hall–Kier alpha value is -1.81. The number of carbonyl (C=O) groups is 1. The second-order valence-corrected chi connectivity index (χ2v) is 9.04. The smallest absolute Gasteiger partial charge is 0.243 e. The number of rotatable bonds is 5. The van der Waals surface area contributed by atoms with Crippen LogP contribution >= 0.6 is 15.9 Å². The fourth-order valence-corrected chi connectivity index (χ4v) is 4.51. The molecule has 1 saturated heterocycles. The van der Waals surface area contributed by atoms with Gasteiger partial charge in [0.25, 0.3) is 0 Å². The number of amides is 1. The molecule has 0 radical (unpaired) electrons. The van der Waals surface area contributed by atoms with Gasteiger partial charge in [-0.15, -0.1) is 0 Å².